The van der Waals surface area contributed by atoms with Gasteiger partial charge < -0.3 is 0 Å². The van der Waals surface area contributed by atoms with Crippen LogP contribution in [0.2, 0.25) is 0 Å². The van der Waals surface area contributed by atoms with Crippen LogP contribution in [0, 0.1) is 9.39 Å². The molecule has 0 aliphatic heterocycles. The smallest absolute Gasteiger partial charge is 0.214 e. The van der Waals surface area contributed by atoms with Crippen molar-refractivity contribution in [1.82, 2.24) is 4.72 Å². The lowest BCUT2D eigenvalue weighted by atomic mass is 10.3. The molecule has 0 aromatic heterocycles. The standard InChI is InChI=1S/C7H7FINO2S/c1-10-13(11,12)5-2-3-7(9)6(8)4-5/h2-4,10H,1H3. The van der Waals surface area contributed by atoms with Crippen molar-refractivity contribution in [3.05, 3.63) is 27.6 Å². The van der Waals surface area contributed by atoms with E-state index in [9.17, 15) is 12.8 Å². The fourth-order valence-electron chi connectivity index (χ4n) is 0.762. The number of rotatable bonds is 2. The third-order valence-electron chi connectivity index (χ3n) is 1.47. The fraction of sp³-hybridized carbons (Fsp3) is 0.143. The minimum Gasteiger partial charge on any atom is -0.214 e. The Labute approximate surface area is 89.5 Å². The van der Waals surface area contributed by atoms with E-state index in [1.165, 1.54) is 19.2 Å². The van der Waals surface area contributed by atoms with Gasteiger partial charge in [0.15, 0.2) is 0 Å². The molecule has 0 amide bonds. The molecule has 6 heteroatoms. The van der Waals surface area contributed by atoms with E-state index in [2.05, 4.69) is 4.72 Å². The summed E-state index contributed by atoms with van der Waals surface area (Å²) in [5, 5.41) is 0. The van der Waals surface area contributed by atoms with Gasteiger partial charge in [0, 0.05) is 3.57 Å². The maximum Gasteiger partial charge on any atom is 0.240 e. The summed E-state index contributed by atoms with van der Waals surface area (Å²) in [5.74, 6) is -0.531. The summed E-state index contributed by atoms with van der Waals surface area (Å²) in [5.41, 5.74) is 0. The van der Waals surface area contributed by atoms with E-state index in [1.54, 1.807) is 22.6 Å². The summed E-state index contributed by atoms with van der Waals surface area (Å²) in [6.45, 7) is 0. The predicted octanol–water partition coefficient (Wildman–Crippen LogP) is 1.34. The third kappa shape index (κ3) is 2.38. The summed E-state index contributed by atoms with van der Waals surface area (Å²) in [7, 11) is -2.25. The van der Waals surface area contributed by atoms with Crippen LogP contribution in [0.4, 0.5) is 4.39 Å². The van der Waals surface area contributed by atoms with E-state index in [1.807, 2.05) is 0 Å². The summed E-state index contributed by atoms with van der Waals surface area (Å²) in [4.78, 5) is -0.0621. The number of hydrogen-bond acceptors (Lipinski definition) is 2. The summed E-state index contributed by atoms with van der Waals surface area (Å²) in [6.07, 6.45) is 0. The molecule has 0 saturated carbocycles. The predicted molar refractivity (Wildman–Crippen MR) is 55.4 cm³/mol. The van der Waals surface area contributed by atoms with E-state index in [0.717, 1.165) is 6.07 Å². The van der Waals surface area contributed by atoms with Gasteiger partial charge in [0.05, 0.1) is 4.90 Å². The monoisotopic (exact) mass is 315 g/mol. The van der Waals surface area contributed by atoms with Gasteiger partial charge in [-0.3, -0.25) is 0 Å². The minimum absolute atomic E-state index is 0.0621. The normalized spacial score (nSPS) is 11.6. The molecule has 0 aliphatic carbocycles. The first-order valence-electron chi connectivity index (χ1n) is 3.36. The highest BCUT2D eigenvalue weighted by Crippen LogP contribution is 2.15. The van der Waals surface area contributed by atoms with Crippen LogP contribution < -0.4 is 4.72 Å². The van der Waals surface area contributed by atoms with Gasteiger partial charge in [0.25, 0.3) is 0 Å². The molecule has 0 spiro atoms. The van der Waals surface area contributed by atoms with Gasteiger partial charge in [-0.1, -0.05) is 0 Å². The Balaban J connectivity index is 3.27. The van der Waals surface area contributed by atoms with Crippen molar-refractivity contribution in [2.45, 2.75) is 4.90 Å². The van der Waals surface area contributed by atoms with Gasteiger partial charge in [-0.05, 0) is 47.8 Å². The molecule has 0 aliphatic rings. The largest absolute Gasteiger partial charge is 0.240 e. The van der Waals surface area contributed by atoms with Crippen molar-refractivity contribution in [3.8, 4) is 0 Å². The molecule has 0 atom stereocenters. The average Bonchev–Trinajstić information content (AvgIpc) is 2.09. The van der Waals surface area contributed by atoms with Crippen molar-refractivity contribution in [2.24, 2.45) is 0 Å². The molecule has 0 bridgehead atoms. The van der Waals surface area contributed by atoms with Crippen LogP contribution in [0.3, 0.4) is 0 Å². The van der Waals surface area contributed by atoms with Crippen LogP contribution in [-0.4, -0.2) is 15.5 Å². The number of benzene rings is 1. The van der Waals surface area contributed by atoms with Gasteiger partial charge in [-0.25, -0.2) is 17.5 Å². The molecule has 13 heavy (non-hydrogen) atoms. The lowest BCUT2D eigenvalue weighted by Crippen LogP contribution is -2.18. The van der Waals surface area contributed by atoms with Crippen LogP contribution in [0.15, 0.2) is 23.1 Å². The molecule has 0 heterocycles. The summed E-state index contributed by atoms with van der Waals surface area (Å²) in [6, 6.07) is 3.77. The lowest BCUT2D eigenvalue weighted by Gasteiger charge is -2.02. The van der Waals surface area contributed by atoms with Crippen molar-refractivity contribution < 1.29 is 12.8 Å². The third-order valence-corrected chi connectivity index (χ3v) is 3.76. The second kappa shape index (κ2) is 3.89. The van der Waals surface area contributed by atoms with Crippen molar-refractivity contribution >= 4 is 32.6 Å². The zero-order chi connectivity index (χ0) is 10.1. The molecule has 1 N–H and O–H groups in total. The number of halogens is 2. The molecule has 0 saturated heterocycles. The molecular weight excluding hydrogens is 308 g/mol. The Kier molecular flexibility index (Phi) is 3.25. The zero-order valence-corrected chi connectivity index (χ0v) is 9.69. The maximum atomic E-state index is 12.9. The number of sulfonamides is 1. The lowest BCUT2D eigenvalue weighted by molar-refractivity contribution is 0.582. The van der Waals surface area contributed by atoms with Gasteiger partial charge in [0.2, 0.25) is 10.0 Å². The quantitative estimate of drug-likeness (QED) is 0.837. The second-order valence-electron chi connectivity index (χ2n) is 2.28. The van der Waals surface area contributed by atoms with Gasteiger partial charge in [-0.2, -0.15) is 0 Å². The molecule has 72 valence electrons. The van der Waals surface area contributed by atoms with E-state index < -0.39 is 15.8 Å². The van der Waals surface area contributed by atoms with Crippen molar-refractivity contribution in [1.29, 1.82) is 0 Å². The molecule has 1 aromatic rings. The molecule has 0 radical (unpaired) electrons. The van der Waals surface area contributed by atoms with E-state index in [-0.39, 0.29) is 4.90 Å². The Bertz CT molecular complexity index is 419. The van der Waals surface area contributed by atoms with E-state index in [0.29, 0.717) is 3.57 Å². The number of nitrogens with one attached hydrogen (secondary N) is 1. The zero-order valence-electron chi connectivity index (χ0n) is 6.71. The van der Waals surface area contributed by atoms with Crippen LogP contribution in [0.25, 0.3) is 0 Å². The highest BCUT2D eigenvalue weighted by molar-refractivity contribution is 14.1. The summed E-state index contributed by atoms with van der Waals surface area (Å²) < 4.78 is 37.8. The Morgan fingerprint density at radius 2 is 2.08 bits per heavy atom. The van der Waals surface area contributed by atoms with E-state index in [4.69, 9.17) is 0 Å². The topological polar surface area (TPSA) is 46.2 Å². The minimum atomic E-state index is -3.53. The van der Waals surface area contributed by atoms with Crippen molar-refractivity contribution in [3.63, 3.8) is 0 Å². The fourth-order valence-corrected chi connectivity index (χ4v) is 1.84. The van der Waals surface area contributed by atoms with Gasteiger partial charge in [0.1, 0.15) is 5.82 Å². The van der Waals surface area contributed by atoms with Crippen molar-refractivity contribution in [2.75, 3.05) is 7.05 Å². The average molecular weight is 315 g/mol. The van der Waals surface area contributed by atoms with Crippen LogP contribution in [0.1, 0.15) is 0 Å². The Morgan fingerprint density at radius 1 is 1.46 bits per heavy atom. The van der Waals surface area contributed by atoms with Crippen LogP contribution >= 0.6 is 22.6 Å². The van der Waals surface area contributed by atoms with E-state index >= 15 is 0 Å². The van der Waals surface area contributed by atoms with Gasteiger partial charge >= 0.3 is 0 Å². The molecule has 3 nitrogen and oxygen atoms in total. The van der Waals surface area contributed by atoms with Gasteiger partial charge in [-0.15, -0.1) is 0 Å². The SMILES string of the molecule is CNS(=O)(=O)c1ccc(I)c(F)c1. The van der Waals surface area contributed by atoms with Crippen LogP contribution in [-0.2, 0) is 10.0 Å². The number of hydrogen-bond donors (Lipinski definition) is 1. The molecule has 1 aromatic carbocycles. The first-order valence-corrected chi connectivity index (χ1v) is 5.92. The highest BCUT2D eigenvalue weighted by atomic mass is 127. The van der Waals surface area contributed by atoms with Crippen LogP contribution in [0.5, 0.6) is 0 Å². The molecule has 0 fully saturated rings. The first-order chi connectivity index (χ1) is 5.97. The Morgan fingerprint density at radius 3 is 2.54 bits per heavy atom. The first kappa shape index (κ1) is 10.9. The molecule has 0 unspecified atom stereocenters. The summed E-state index contributed by atoms with van der Waals surface area (Å²) >= 11 is 1.79. The molecule has 1 rings (SSSR count). The Hall–Kier alpha value is -0.210. The second-order valence-corrected chi connectivity index (χ2v) is 5.33. The molecular formula is C7H7FINO2S. The maximum absolute atomic E-state index is 12.9. The highest BCUT2D eigenvalue weighted by Gasteiger charge is 2.12.